The average molecular weight is 503 g/mol. The average Bonchev–Trinajstić information content (AvgIpc) is 3.40. The molecule has 3 heterocycles. The number of sulfone groups is 1. The summed E-state index contributed by atoms with van der Waals surface area (Å²) in [5, 5.41) is 4.37. The van der Waals surface area contributed by atoms with E-state index in [1.807, 2.05) is 18.2 Å². The molecule has 0 atom stereocenters. The summed E-state index contributed by atoms with van der Waals surface area (Å²) in [6.45, 7) is 1.51. The first-order valence-electron chi connectivity index (χ1n) is 10.4. The maximum Gasteiger partial charge on any atom is 0.229 e. The van der Waals surface area contributed by atoms with Gasteiger partial charge in [-0.25, -0.2) is 18.4 Å². The molecule has 172 valence electrons. The number of amides is 1. The summed E-state index contributed by atoms with van der Waals surface area (Å²) in [5.74, 6) is 0.663. The van der Waals surface area contributed by atoms with Crippen molar-refractivity contribution in [2.75, 3.05) is 36.7 Å². The monoisotopic (exact) mass is 502 g/mol. The highest BCUT2D eigenvalue weighted by Gasteiger charge is 2.27. The zero-order valence-electron chi connectivity index (χ0n) is 18.1. The van der Waals surface area contributed by atoms with Gasteiger partial charge in [0, 0.05) is 25.3 Å². The molecule has 0 spiro atoms. The molecule has 2 aromatic carbocycles. The number of aromatic nitrogens is 2. The number of nitrogens with zero attached hydrogens (tertiary/aromatic N) is 3. The highest BCUT2D eigenvalue weighted by atomic mass is 32.2. The minimum atomic E-state index is -3.29. The highest BCUT2D eigenvalue weighted by molar-refractivity contribution is 7.90. The van der Waals surface area contributed by atoms with Crippen molar-refractivity contribution in [1.82, 2.24) is 9.97 Å². The van der Waals surface area contributed by atoms with Gasteiger partial charge in [0.2, 0.25) is 5.91 Å². The Morgan fingerprint density at radius 1 is 1.06 bits per heavy atom. The summed E-state index contributed by atoms with van der Waals surface area (Å²) in [6.07, 6.45) is 2.64. The van der Waals surface area contributed by atoms with E-state index in [9.17, 15) is 13.2 Å². The second-order valence-electron chi connectivity index (χ2n) is 8.00. The van der Waals surface area contributed by atoms with E-state index in [4.69, 9.17) is 9.72 Å². The Labute approximate surface area is 199 Å². The predicted octanol–water partition coefficient (Wildman–Crippen LogP) is 4.17. The third kappa shape index (κ3) is 4.53. The smallest absolute Gasteiger partial charge is 0.229 e. The number of rotatable bonds is 5. The van der Waals surface area contributed by atoms with Crippen LogP contribution in [0.3, 0.4) is 0 Å². The summed E-state index contributed by atoms with van der Waals surface area (Å²) >= 11 is 2.92. The van der Waals surface area contributed by atoms with Crippen LogP contribution in [-0.4, -0.2) is 50.7 Å². The molecule has 4 aromatic rings. The molecule has 0 saturated carbocycles. The molecular weight excluding hydrogens is 480 g/mol. The second-order valence-corrected chi connectivity index (χ2v) is 12.1. The molecule has 0 aliphatic carbocycles. The molecule has 0 bridgehead atoms. The van der Waals surface area contributed by atoms with Crippen LogP contribution >= 0.6 is 22.7 Å². The van der Waals surface area contributed by atoms with Crippen LogP contribution in [0, 0.1) is 5.92 Å². The van der Waals surface area contributed by atoms with Crippen molar-refractivity contribution in [1.29, 1.82) is 0 Å². The van der Waals surface area contributed by atoms with Gasteiger partial charge >= 0.3 is 0 Å². The van der Waals surface area contributed by atoms with Gasteiger partial charge in [-0.3, -0.25) is 4.79 Å². The van der Waals surface area contributed by atoms with Crippen molar-refractivity contribution in [2.24, 2.45) is 5.92 Å². The van der Waals surface area contributed by atoms with Crippen LogP contribution in [0.25, 0.3) is 20.4 Å². The lowest BCUT2D eigenvalue weighted by molar-refractivity contribution is -0.120. The molecule has 5 rings (SSSR count). The second kappa shape index (κ2) is 8.54. The molecule has 0 radical (unpaired) electrons. The normalized spacial score (nSPS) is 15.3. The van der Waals surface area contributed by atoms with E-state index in [2.05, 4.69) is 15.2 Å². The number of ether oxygens (including phenoxy) is 1. The molecule has 1 aliphatic heterocycles. The number of thiazole rings is 2. The summed E-state index contributed by atoms with van der Waals surface area (Å²) in [7, 11) is -1.64. The van der Waals surface area contributed by atoms with E-state index < -0.39 is 9.84 Å². The molecule has 33 heavy (non-hydrogen) atoms. The number of nitrogens with one attached hydrogen (secondary N) is 1. The third-order valence-corrected chi connectivity index (χ3v) is 8.86. The number of carbonyl (C=O) groups excluding carboxylic acids is 1. The van der Waals surface area contributed by atoms with Crippen molar-refractivity contribution in [3.8, 4) is 5.75 Å². The van der Waals surface area contributed by atoms with E-state index in [-0.39, 0.29) is 16.7 Å². The number of anilines is 2. The van der Waals surface area contributed by atoms with Gasteiger partial charge in [-0.2, -0.15) is 0 Å². The van der Waals surface area contributed by atoms with Crippen LogP contribution in [0.2, 0.25) is 0 Å². The number of carbonyl (C=O) groups is 1. The van der Waals surface area contributed by atoms with Crippen LogP contribution < -0.4 is 15.0 Å². The quantitative estimate of drug-likeness (QED) is 0.437. The van der Waals surface area contributed by atoms with Gasteiger partial charge < -0.3 is 15.0 Å². The van der Waals surface area contributed by atoms with Gasteiger partial charge in [-0.1, -0.05) is 22.7 Å². The van der Waals surface area contributed by atoms with Crippen molar-refractivity contribution in [3.05, 3.63) is 36.4 Å². The minimum absolute atomic E-state index is 0.0499. The van der Waals surface area contributed by atoms with Crippen LogP contribution in [0.4, 0.5) is 10.3 Å². The van der Waals surface area contributed by atoms with Gasteiger partial charge in [0.1, 0.15) is 5.75 Å². The Bertz CT molecular complexity index is 1450. The predicted molar refractivity (Wildman–Crippen MR) is 132 cm³/mol. The Morgan fingerprint density at radius 3 is 2.48 bits per heavy atom. The molecule has 1 saturated heterocycles. The summed E-state index contributed by atoms with van der Waals surface area (Å²) < 4.78 is 30.7. The Hall–Kier alpha value is -2.76. The lowest BCUT2D eigenvalue weighted by atomic mass is 9.96. The molecule has 2 aromatic heterocycles. The Kier molecular flexibility index (Phi) is 5.71. The van der Waals surface area contributed by atoms with E-state index in [0.717, 1.165) is 51.7 Å². The van der Waals surface area contributed by atoms with Crippen LogP contribution in [0.15, 0.2) is 41.3 Å². The number of methoxy groups -OCH3 is 1. The van der Waals surface area contributed by atoms with Gasteiger partial charge in [0.05, 0.1) is 32.4 Å². The SMILES string of the molecule is COc1ccc2nc(N3CCC(C(=O)Nc4nc5ccc(S(C)(=O)=O)cc5s4)CC3)sc2c1. The number of benzene rings is 2. The van der Waals surface area contributed by atoms with Gasteiger partial charge in [-0.15, -0.1) is 0 Å². The standard InChI is InChI=1S/C22H22N4O4S3/c1-30-14-3-5-17-18(11-14)32-22(24-17)26-9-7-13(8-10-26)20(27)25-21-23-16-6-4-15(33(2,28)29)12-19(16)31-21/h3-6,11-13H,7-10H2,1-2H3,(H,23,25,27). The fraction of sp³-hybridized carbons (Fsp3) is 0.318. The van der Waals surface area contributed by atoms with E-state index in [1.54, 1.807) is 30.6 Å². The third-order valence-electron chi connectivity index (χ3n) is 5.74. The van der Waals surface area contributed by atoms with E-state index in [1.165, 1.54) is 23.7 Å². The highest BCUT2D eigenvalue weighted by Crippen LogP contribution is 2.34. The number of hydrogen-bond donors (Lipinski definition) is 1. The first-order valence-corrected chi connectivity index (χ1v) is 13.9. The van der Waals surface area contributed by atoms with Gasteiger partial charge in [0.15, 0.2) is 20.1 Å². The fourth-order valence-corrected chi connectivity index (χ4v) is 6.56. The van der Waals surface area contributed by atoms with Crippen molar-refractivity contribution < 1.29 is 17.9 Å². The zero-order valence-corrected chi connectivity index (χ0v) is 20.5. The van der Waals surface area contributed by atoms with Crippen molar-refractivity contribution >= 4 is 69.1 Å². The van der Waals surface area contributed by atoms with E-state index >= 15 is 0 Å². The van der Waals surface area contributed by atoms with Crippen LogP contribution in [-0.2, 0) is 14.6 Å². The summed E-state index contributed by atoms with van der Waals surface area (Å²) in [5.41, 5.74) is 1.62. The summed E-state index contributed by atoms with van der Waals surface area (Å²) in [4.78, 5) is 24.5. The van der Waals surface area contributed by atoms with Crippen LogP contribution in [0.5, 0.6) is 5.75 Å². The minimum Gasteiger partial charge on any atom is -0.497 e. The summed E-state index contributed by atoms with van der Waals surface area (Å²) in [6, 6.07) is 10.7. The maximum atomic E-state index is 12.8. The fourth-order valence-electron chi connectivity index (χ4n) is 3.88. The van der Waals surface area contributed by atoms with Crippen LogP contribution in [0.1, 0.15) is 12.8 Å². The number of fused-ring (bicyclic) bond motifs is 2. The lowest BCUT2D eigenvalue weighted by Gasteiger charge is -2.30. The Balaban J connectivity index is 1.23. The Morgan fingerprint density at radius 2 is 1.76 bits per heavy atom. The molecule has 1 amide bonds. The van der Waals surface area contributed by atoms with Gasteiger partial charge in [-0.05, 0) is 49.2 Å². The largest absolute Gasteiger partial charge is 0.497 e. The van der Waals surface area contributed by atoms with E-state index in [0.29, 0.717) is 10.6 Å². The molecule has 1 fully saturated rings. The first kappa shape index (κ1) is 22.1. The molecule has 0 unspecified atom stereocenters. The zero-order chi connectivity index (χ0) is 23.2. The molecular formula is C22H22N4O4S3. The molecule has 1 aliphatic rings. The number of hydrogen-bond acceptors (Lipinski definition) is 9. The lowest BCUT2D eigenvalue weighted by Crippen LogP contribution is -2.38. The van der Waals surface area contributed by atoms with Crippen molar-refractivity contribution in [3.63, 3.8) is 0 Å². The topological polar surface area (TPSA) is 101 Å². The molecule has 11 heteroatoms. The number of piperidine rings is 1. The van der Waals surface area contributed by atoms with Gasteiger partial charge in [0.25, 0.3) is 0 Å². The molecule has 1 N–H and O–H groups in total. The molecule has 8 nitrogen and oxygen atoms in total. The first-order chi connectivity index (χ1) is 15.8. The maximum absolute atomic E-state index is 12.8. The van der Waals surface area contributed by atoms with Crippen molar-refractivity contribution in [2.45, 2.75) is 17.7 Å².